The Bertz CT molecular complexity index is 1280. The van der Waals surface area contributed by atoms with Gasteiger partial charge in [-0.3, -0.25) is 0 Å². The molecule has 0 aromatic heterocycles. The summed E-state index contributed by atoms with van der Waals surface area (Å²) in [5.74, 6) is 1.93. The number of ether oxygens (including phenoxy) is 4. The first-order chi connectivity index (χ1) is 15.9. The lowest BCUT2D eigenvalue weighted by Crippen LogP contribution is -2.47. The van der Waals surface area contributed by atoms with Crippen LogP contribution in [0.15, 0.2) is 59.5 Å². The first kappa shape index (κ1) is 21.8. The lowest BCUT2D eigenvalue weighted by molar-refractivity contribution is -0.0249. The number of rotatable bonds is 6. The molecule has 9 heteroatoms. The first-order valence-corrected chi connectivity index (χ1v) is 12.2. The fourth-order valence-corrected chi connectivity index (χ4v) is 5.85. The van der Waals surface area contributed by atoms with E-state index in [-0.39, 0.29) is 26.0 Å². The molecular weight excluding hydrogens is 444 g/mol. The minimum absolute atomic E-state index is 0.196. The number of anilines is 1. The molecule has 174 valence electrons. The summed E-state index contributed by atoms with van der Waals surface area (Å²) >= 11 is 0. The van der Waals surface area contributed by atoms with Crippen molar-refractivity contribution in [3.05, 3.63) is 54.6 Å². The summed E-state index contributed by atoms with van der Waals surface area (Å²) in [5, 5.41) is 1.61. The lowest BCUT2D eigenvalue weighted by Gasteiger charge is -2.32. The van der Waals surface area contributed by atoms with Gasteiger partial charge in [0.1, 0.15) is 18.5 Å². The van der Waals surface area contributed by atoms with Crippen LogP contribution in [0.2, 0.25) is 0 Å². The predicted molar refractivity (Wildman–Crippen MR) is 125 cm³/mol. The summed E-state index contributed by atoms with van der Waals surface area (Å²) in [4.78, 5) is 2.29. The van der Waals surface area contributed by atoms with Crippen LogP contribution in [0.5, 0.6) is 17.2 Å². The zero-order valence-corrected chi connectivity index (χ0v) is 19.4. The number of benzene rings is 3. The maximum atomic E-state index is 13.6. The predicted octanol–water partition coefficient (Wildman–Crippen LogP) is 3.10. The number of fused-ring (bicyclic) bond motifs is 2. The van der Waals surface area contributed by atoms with Crippen molar-refractivity contribution in [3.63, 3.8) is 0 Å². The van der Waals surface area contributed by atoms with E-state index in [4.69, 9.17) is 18.9 Å². The first-order valence-electron chi connectivity index (χ1n) is 10.8. The van der Waals surface area contributed by atoms with Crippen LogP contribution in [0, 0.1) is 0 Å². The average molecular weight is 471 g/mol. The second-order valence-electron chi connectivity index (χ2n) is 8.20. The van der Waals surface area contributed by atoms with Gasteiger partial charge in [-0.25, -0.2) is 8.42 Å². The van der Waals surface area contributed by atoms with Gasteiger partial charge in [-0.15, -0.1) is 0 Å². The van der Waals surface area contributed by atoms with Crippen LogP contribution in [-0.4, -0.2) is 66.0 Å². The third-order valence-corrected chi connectivity index (χ3v) is 7.76. The van der Waals surface area contributed by atoms with Gasteiger partial charge in [0.05, 0.1) is 11.5 Å². The van der Waals surface area contributed by atoms with Gasteiger partial charge < -0.3 is 23.8 Å². The molecule has 5 rings (SSSR count). The summed E-state index contributed by atoms with van der Waals surface area (Å²) in [6.45, 7) is 1.25. The monoisotopic (exact) mass is 470 g/mol. The Labute approximate surface area is 193 Å². The Balaban J connectivity index is 1.34. The van der Waals surface area contributed by atoms with E-state index in [1.165, 1.54) is 4.31 Å². The van der Waals surface area contributed by atoms with E-state index >= 15 is 0 Å². The van der Waals surface area contributed by atoms with Gasteiger partial charge in [0.2, 0.25) is 16.8 Å². The standard InChI is InChI=1S/C24H26N2O6S/c1-25(2)21-7-3-6-20-19(21)5-4-8-24(20)33(27,28)26-11-12-29-18(14-26)15-30-17-9-10-22-23(13-17)32-16-31-22/h3-10,13,18H,11-12,14-16H2,1-2H3. The summed E-state index contributed by atoms with van der Waals surface area (Å²) in [6.07, 6.45) is -0.383. The number of sulfonamides is 1. The largest absolute Gasteiger partial charge is 0.491 e. The Morgan fingerprint density at radius 2 is 1.82 bits per heavy atom. The van der Waals surface area contributed by atoms with E-state index in [0.29, 0.717) is 40.7 Å². The van der Waals surface area contributed by atoms with Crippen LogP contribution in [-0.2, 0) is 14.8 Å². The molecule has 1 fully saturated rings. The average Bonchev–Trinajstić information content (AvgIpc) is 3.30. The number of morpholine rings is 1. The molecule has 3 aromatic carbocycles. The van der Waals surface area contributed by atoms with Gasteiger partial charge in [0, 0.05) is 49.7 Å². The van der Waals surface area contributed by atoms with Crippen molar-refractivity contribution in [1.82, 2.24) is 4.31 Å². The lowest BCUT2D eigenvalue weighted by atomic mass is 10.1. The van der Waals surface area contributed by atoms with Gasteiger partial charge in [-0.2, -0.15) is 4.31 Å². The third-order valence-electron chi connectivity index (χ3n) is 5.84. The van der Waals surface area contributed by atoms with Crippen molar-refractivity contribution >= 4 is 26.5 Å². The topological polar surface area (TPSA) is 77.5 Å². The molecule has 0 radical (unpaired) electrons. The molecular formula is C24H26N2O6S. The smallest absolute Gasteiger partial charge is 0.243 e. The molecule has 33 heavy (non-hydrogen) atoms. The molecule has 0 spiro atoms. The number of hydrogen-bond acceptors (Lipinski definition) is 7. The SMILES string of the molecule is CN(C)c1cccc2c(S(=O)(=O)N3CCOC(COc4ccc5c(c4)OCO5)C3)cccc12. The van der Waals surface area contributed by atoms with E-state index in [2.05, 4.69) is 0 Å². The van der Waals surface area contributed by atoms with E-state index in [0.717, 1.165) is 11.1 Å². The fourth-order valence-electron chi connectivity index (χ4n) is 4.19. The van der Waals surface area contributed by atoms with Crippen molar-refractivity contribution in [1.29, 1.82) is 0 Å². The normalized spacial score (nSPS) is 18.4. The van der Waals surface area contributed by atoms with Crippen LogP contribution < -0.4 is 19.1 Å². The zero-order chi connectivity index (χ0) is 23.0. The van der Waals surface area contributed by atoms with E-state index < -0.39 is 10.0 Å². The van der Waals surface area contributed by atoms with Crippen LogP contribution in [0.25, 0.3) is 10.8 Å². The van der Waals surface area contributed by atoms with Crippen molar-refractivity contribution in [2.24, 2.45) is 0 Å². The Morgan fingerprint density at radius 1 is 1.03 bits per heavy atom. The molecule has 8 nitrogen and oxygen atoms in total. The highest BCUT2D eigenvalue weighted by Gasteiger charge is 2.32. The highest BCUT2D eigenvalue weighted by Crippen LogP contribution is 2.35. The van der Waals surface area contributed by atoms with Gasteiger partial charge in [-0.05, 0) is 24.3 Å². The minimum atomic E-state index is -3.71. The molecule has 1 atom stereocenters. The van der Waals surface area contributed by atoms with Gasteiger partial charge in [-0.1, -0.05) is 24.3 Å². The molecule has 0 N–H and O–H groups in total. The van der Waals surface area contributed by atoms with Crippen LogP contribution >= 0.6 is 0 Å². The highest BCUT2D eigenvalue weighted by atomic mass is 32.2. The van der Waals surface area contributed by atoms with Gasteiger partial charge in [0.15, 0.2) is 11.5 Å². The summed E-state index contributed by atoms with van der Waals surface area (Å²) in [7, 11) is 0.182. The molecule has 1 unspecified atom stereocenters. The quantitative estimate of drug-likeness (QED) is 0.548. The summed E-state index contributed by atoms with van der Waals surface area (Å²) in [5.41, 5.74) is 0.974. The zero-order valence-electron chi connectivity index (χ0n) is 18.6. The molecule has 1 saturated heterocycles. The van der Waals surface area contributed by atoms with E-state index in [9.17, 15) is 8.42 Å². The Morgan fingerprint density at radius 3 is 2.67 bits per heavy atom. The molecule has 3 aromatic rings. The molecule has 0 saturated carbocycles. The molecule has 0 aliphatic carbocycles. The maximum absolute atomic E-state index is 13.6. The van der Waals surface area contributed by atoms with E-state index in [1.807, 2.05) is 43.3 Å². The number of nitrogens with zero attached hydrogens (tertiary/aromatic N) is 2. The van der Waals surface area contributed by atoms with Crippen LogP contribution in [0.4, 0.5) is 5.69 Å². The molecule has 2 aliphatic rings. The molecule has 0 amide bonds. The fraction of sp³-hybridized carbons (Fsp3) is 0.333. The molecule has 0 bridgehead atoms. The van der Waals surface area contributed by atoms with Crippen LogP contribution in [0.3, 0.4) is 0 Å². The number of hydrogen-bond donors (Lipinski definition) is 0. The summed E-state index contributed by atoms with van der Waals surface area (Å²) in [6, 6.07) is 16.5. The Hall–Kier alpha value is -3.01. The molecule has 2 heterocycles. The molecule has 2 aliphatic heterocycles. The van der Waals surface area contributed by atoms with Gasteiger partial charge in [0.25, 0.3) is 0 Å². The second kappa shape index (κ2) is 8.74. The van der Waals surface area contributed by atoms with Crippen molar-refractivity contribution in [2.45, 2.75) is 11.0 Å². The third kappa shape index (κ3) is 4.19. The van der Waals surface area contributed by atoms with Crippen molar-refractivity contribution in [3.8, 4) is 17.2 Å². The van der Waals surface area contributed by atoms with E-state index in [1.54, 1.807) is 30.3 Å². The summed E-state index contributed by atoms with van der Waals surface area (Å²) < 4.78 is 51.1. The Kier molecular flexibility index (Phi) is 5.77. The van der Waals surface area contributed by atoms with Crippen molar-refractivity contribution < 1.29 is 27.4 Å². The highest BCUT2D eigenvalue weighted by molar-refractivity contribution is 7.89. The van der Waals surface area contributed by atoms with Crippen molar-refractivity contribution in [2.75, 3.05) is 52.1 Å². The maximum Gasteiger partial charge on any atom is 0.243 e. The van der Waals surface area contributed by atoms with Crippen LogP contribution in [0.1, 0.15) is 0 Å². The minimum Gasteiger partial charge on any atom is -0.491 e. The second-order valence-corrected chi connectivity index (χ2v) is 10.1. The van der Waals surface area contributed by atoms with Gasteiger partial charge >= 0.3 is 0 Å².